The molecule has 0 unspecified atom stereocenters. The summed E-state index contributed by atoms with van der Waals surface area (Å²) in [6.45, 7) is 0. The molecule has 6 heteroatoms. The lowest BCUT2D eigenvalue weighted by molar-refractivity contribution is 0.0687. The summed E-state index contributed by atoms with van der Waals surface area (Å²) in [6.07, 6.45) is 1.43. The van der Waals surface area contributed by atoms with Crippen LogP contribution in [0.3, 0.4) is 0 Å². The van der Waals surface area contributed by atoms with Crippen LogP contribution in [0.4, 0.5) is 0 Å². The summed E-state index contributed by atoms with van der Waals surface area (Å²) in [5, 5.41) is 12.6. The van der Waals surface area contributed by atoms with E-state index in [9.17, 15) is 9.59 Å². The van der Waals surface area contributed by atoms with Gasteiger partial charge in [-0.15, -0.1) is 0 Å². The molecule has 1 heterocycles. The fourth-order valence-corrected chi connectivity index (χ4v) is 1.71. The number of benzene rings is 1. The molecule has 0 saturated heterocycles. The van der Waals surface area contributed by atoms with Crippen LogP contribution in [0.5, 0.6) is 0 Å². The normalized spacial score (nSPS) is 10.2. The van der Waals surface area contributed by atoms with Crippen LogP contribution >= 0.6 is 15.9 Å². The molecule has 0 saturated carbocycles. The molecule has 1 aromatic carbocycles. The zero-order valence-electron chi connectivity index (χ0n) is 8.50. The summed E-state index contributed by atoms with van der Waals surface area (Å²) >= 11 is 3.30. The number of carbonyl (C=O) groups is 1. The highest BCUT2D eigenvalue weighted by atomic mass is 79.9. The van der Waals surface area contributed by atoms with Gasteiger partial charge in [0.2, 0.25) is 11.1 Å². The summed E-state index contributed by atoms with van der Waals surface area (Å²) in [6, 6.07) is 8.33. The van der Waals surface area contributed by atoms with E-state index in [0.717, 1.165) is 4.47 Å². The Labute approximate surface area is 104 Å². The quantitative estimate of drug-likeness (QED) is 0.915. The van der Waals surface area contributed by atoms with Crippen LogP contribution < -0.4 is 5.43 Å². The van der Waals surface area contributed by atoms with Gasteiger partial charge < -0.3 is 5.11 Å². The number of hydrogen-bond acceptors (Lipinski definition) is 3. The zero-order chi connectivity index (χ0) is 12.4. The first kappa shape index (κ1) is 11.5. The largest absolute Gasteiger partial charge is 0.476 e. The predicted molar refractivity (Wildman–Crippen MR) is 64.5 cm³/mol. The Morgan fingerprint density at radius 3 is 2.76 bits per heavy atom. The molecule has 0 amide bonds. The molecule has 2 aromatic rings. The lowest BCUT2D eigenvalue weighted by atomic mass is 10.3. The van der Waals surface area contributed by atoms with E-state index in [4.69, 9.17) is 5.11 Å². The highest BCUT2D eigenvalue weighted by Gasteiger charge is 2.11. The van der Waals surface area contributed by atoms with Crippen LogP contribution in [0.15, 0.2) is 45.8 Å². The molecule has 0 bridgehead atoms. The molecule has 0 spiro atoms. The number of rotatable bonds is 2. The van der Waals surface area contributed by atoms with Gasteiger partial charge in [-0.3, -0.25) is 4.79 Å². The zero-order valence-corrected chi connectivity index (χ0v) is 10.1. The van der Waals surface area contributed by atoms with E-state index in [1.807, 2.05) is 6.07 Å². The minimum Gasteiger partial charge on any atom is -0.476 e. The van der Waals surface area contributed by atoms with Gasteiger partial charge in [-0.2, -0.15) is 5.10 Å². The van der Waals surface area contributed by atoms with Gasteiger partial charge in [0, 0.05) is 16.7 Å². The Bertz CT molecular complexity index is 637. The highest BCUT2D eigenvalue weighted by Crippen LogP contribution is 2.14. The molecule has 0 fully saturated rings. The third kappa shape index (κ3) is 2.42. The lowest BCUT2D eigenvalue weighted by Crippen LogP contribution is -2.20. The smallest absolute Gasteiger partial charge is 0.360 e. The highest BCUT2D eigenvalue weighted by molar-refractivity contribution is 9.10. The first-order chi connectivity index (χ1) is 8.08. The Balaban J connectivity index is 2.58. The van der Waals surface area contributed by atoms with E-state index in [1.165, 1.54) is 16.9 Å². The maximum absolute atomic E-state index is 11.2. The molecule has 0 aliphatic rings. The van der Waals surface area contributed by atoms with Gasteiger partial charge in [0.1, 0.15) is 0 Å². The van der Waals surface area contributed by atoms with Crippen molar-refractivity contribution >= 4 is 21.9 Å². The van der Waals surface area contributed by atoms with E-state index in [1.54, 1.807) is 18.2 Å². The van der Waals surface area contributed by atoms with Gasteiger partial charge >= 0.3 is 5.97 Å². The van der Waals surface area contributed by atoms with Crippen molar-refractivity contribution in [2.24, 2.45) is 0 Å². The molecule has 0 radical (unpaired) electrons. The van der Waals surface area contributed by atoms with Gasteiger partial charge in [-0.25, -0.2) is 9.48 Å². The molecule has 0 aliphatic carbocycles. The molecular formula is C11H7BrN2O3. The Morgan fingerprint density at radius 1 is 1.35 bits per heavy atom. The summed E-state index contributed by atoms with van der Waals surface area (Å²) in [5.41, 5.74) is -0.432. The average Bonchev–Trinajstić information content (AvgIpc) is 2.29. The van der Waals surface area contributed by atoms with E-state index >= 15 is 0 Å². The molecule has 17 heavy (non-hydrogen) atoms. The molecule has 2 rings (SSSR count). The topological polar surface area (TPSA) is 72.2 Å². The van der Waals surface area contributed by atoms with Gasteiger partial charge in [0.25, 0.3) is 0 Å². The third-order valence-corrected chi connectivity index (χ3v) is 2.58. The van der Waals surface area contributed by atoms with Crippen molar-refractivity contribution in [1.29, 1.82) is 0 Å². The Morgan fingerprint density at radius 2 is 2.12 bits per heavy atom. The van der Waals surface area contributed by atoms with Gasteiger partial charge in [0.05, 0.1) is 5.69 Å². The fourth-order valence-electron chi connectivity index (χ4n) is 1.32. The molecule has 0 atom stereocenters. The van der Waals surface area contributed by atoms with Crippen molar-refractivity contribution < 1.29 is 9.90 Å². The van der Waals surface area contributed by atoms with Gasteiger partial charge in [-0.05, 0) is 18.2 Å². The molecular weight excluding hydrogens is 288 g/mol. The number of halogens is 1. The second-order valence-corrected chi connectivity index (χ2v) is 4.17. The van der Waals surface area contributed by atoms with Crippen LogP contribution in [0, 0.1) is 0 Å². The van der Waals surface area contributed by atoms with Crippen molar-refractivity contribution in [3.05, 3.63) is 56.9 Å². The summed E-state index contributed by atoms with van der Waals surface area (Å²) in [4.78, 5) is 22.0. The third-order valence-electron chi connectivity index (χ3n) is 2.08. The minimum atomic E-state index is -1.33. The number of carboxylic acid groups (broad SMARTS) is 1. The Kier molecular flexibility index (Phi) is 3.06. The standard InChI is InChI=1S/C11H7BrN2O3/c12-7-2-1-3-8(6-7)14-5-4-9(15)10(13-14)11(16)17/h1-6H,(H,16,17). The van der Waals surface area contributed by atoms with Gasteiger partial charge in [-0.1, -0.05) is 22.0 Å². The van der Waals surface area contributed by atoms with E-state index in [-0.39, 0.29) is 0 Å². The Hall–Kier alpha value is -1.95. The minimum absolute atomic E-state index is 0.493. The monoisotopic (exact) mass is 294 g/mol. The number of carboxylic acids is 1. The van der Waals surface area contributed by atoms with E-state index in [0.29, 0.717) is 5.69 Å². The molecule has 1 aromatic heterocycles. The van der Waals surface area contributed by atoms with Crippen molar-refractivity contribution in [1.82, 2.24) is 9.78 Å². The van der Waals surface area contributed by atoms with Crippen LogP contribution in [0.1, 0.15) is 10.5 Å². The first-order valence-electron chi connectivity index (χ1n) is 4.67. The number of hydrogen-bond donors (Lipinski definition) is 1. The van der Waals surface area contributed by atoms with Crippen molar-refractivity contribution in [3.8, 4) is 5.69 Å². The molecule has 1 N–H and O–H groups in total. The van der Waals surface area contributed by atoms with Crippen LogP contribution in [-0.4, -0.2) is 20.9 Å². The SMILES string of the molecule is O=C(O)c1nn(-c2cccc(Br)c2)ccc1=O. The number of aromatic nitrogens is 2. The first-order valence-corrected chi connectivity index (χ1v) is 5.46. The molecule has 5 nitrogen and oxygen atoms in total. The van der Waals surface area contributed by atoms with Crippen molar-refractivity contribution in [2.45, 2.75) is 0 Å². The van der Waals surface area contributed by atoms with E-state index < -0.39 is 17.1 Å². The van der Waals surface area contributed by atoms with Gasteiger partial charge in [0.15, 0.2) is 0 Å². The lowest BCUT2D eigenvalue weighted by Gasteiger charge is -2.05. The predicted octanol–water partition coefficient (Wildman–Crippen LogP) is 1.69. The van der Waals surface area contributed by atoms with E-state index in [2.05, 4.69) is 21.0 Å². The summed E-state index contributed by atoms with van der Waals surface area (Å²) < 4.78 is 2.18. The van der Waals surface area contributed by atoms with Crippen LogP contribution in [0.25, 0.3) is 5.69 Å². The maximum Gasteiger partial charge on any atom is 0.360 e. The second-order valence-electron chi connectivity index (χ2n) is 3.26. The van der Waals surface area contributed by atoms with Crippen LogP contribution in [0.2, 0.25) is 0 Å². The van der Waals surface area contributed by atoms with Crippen molar-refractivity contribution in [3.63, 3.8) is 0 Å². The molecule has 0 aliphatic heterocycles. The average molecular weight is 295 g/mol. The molecule has 86 valence electrons. The fraction of sp³-hybridized carbons (Fsp3) is 0. The number of aromatic carboxylic acids is 1. The number of nitrogens with zero attached hydrogens (tertiary/aromatic N) is 2. The second kappa shape index (κ2) is 4.50. The maximum atomic E-state index is 11.2. The van der Waals surface area contributed by atoms with Crippen LogP contribution in [-0.2, 0) is 0 Å². The summed E-state index contributed by atoms with van der Waals surface area (Å²) in [5.74, 6) is -1.33. The van der Waals surface area contributed by atoms with Crippen molar-refractivity contribution in [2.75, 3.05) is 0 Å². The summed E-state index contributed by atoms with van der Waals surface area (Å²) in [7, 11) is 0.